The van der Waals surface area contributed by atoms with Gasteiger partial charge in [-0.1, -0.05) is 11.6 Å². The normalized spacial score (nSPS) is 15.7. The number of halogens is 10. The van der Waals surface area contributed by atoms with Crippen LogP contribution in [0.3, 0.4) is 0 Å². The van der Waals surface area contributed by atoms with Crippen molar-refractivity contribution in [2.75, 3.05) is 0 Å². The lowest BCUT2D eigenvalue weighted by molar-refractivity contribution is -0.392. The number of hydrogen-bond donors (Lipinski definition) is 1. The number of nitro benzene ring substituents is 2. The predicted molar refractivity (Wildman–Crippen MR) is 81.5 cm³/mol. The summed E-state index contributed by atoms with van der Waals surface area (Å²) in [4.78, 5) is 21.0. The van der Waals surface area contributed by atoms with Crippen molar-refractivity contribution in [1.29, 1.82) is 0 Å². The first-order valence-corrected chi connectivity index (χ1v) is 7.21. The highest BCUT2D eigenvalue weighted by molar-refractivity contribution is 6.34. The SMILES string of the molecule is NC(=Nc1c([N+](=O)[O-])cc(C(F)(F)F)cc1[N+](=O)[O-])C(F)(F)C(F)(Cl)C(F)(F)Cl. The van der Waals surface area contributed by atoms with Crippen LogP contribution in [0.15, 0.2) is 17.1 Å². The topological polar surface area (TPSA) is 125 Å². The van der Waals surface area contributed by atoms with Gasteiger partial charge < -0.3 is 5.73 Å². The Hall–Kier alpha value is -2.49. The molecule has 1 aromatic carbocycles. The fraction of sp³-hybridized carbons (Fsp3) is 0.364. The summed E-state index contributed by atoms with van der Waals surface area (Å²) in [5.41, 5.74) is -2.82. The largest absolute Gasteiger partial charge is 0.416 e. The monoisotopic (exact) mass is 478 g/mol. The van der Waals surface area contributed by atoms with Crippen LogP contribution in [0.1, 0.15) is 5.56 Å². The average molecular weight is 479 g/mol. The number of nitrogens with two attached hydrogens (primary N) is 1. The Balaban J connectivity index is 3.86. The summed E-state index contributed by atoms with van der Waals surface area (Å²) in [5.74, 6) is -8.26. The zero-order chi connectivity index (χ0) is 23.2. The van der Waals surface area contributed by atoms with Crippen LogP contribution in [0.25, 0.3) is 0 Å². The third-order valence-electron chi connectivity index (χ3n) is 3.09. The first-order valence-electron chi connectivity index (χ1n) is 6.46. The van der Waals surface area contributed by atoms with Crippen molar-refractivity contribution in [3.63, 3.8) is 0 Å². The molecule has 1 atom stereocenters. The quantitative estimate of drug-likeness (QED) is 0.156. The molecule has 0 bridgehead atoms. The molecular weight excluding hydrogens is 475 g/mol. The highest BCUT2D eigenvalue weighted by Crippen LogP contribution is 2.50. The molecule has 1 unspecified atom stereocenters. The summed E-state index contributed by atoms with van der Waals surface area (Å²) < 4.78 is 105. The molecule has 162 valence electrons. The predicted octanol–water partition coefficient (Wildman–Crippen LogP) is 4.88. The maximum Gasteiger partial charge on any atom is 0.416 e. The number of aliphatic imine (C=N–C) groups is 1. The van der Waals surface area contributed by atoms with E-state index in [-0.39, 0.29) is 12.1 Å². The van der Waals surface area contributed by atoms with Crippen LogP contribution < -0.4 is 5.73 Å². The Morgan fingerprint density at radius 3 is 1.59 bits per heavy atom. The van der Waals surface area contributed by atoms with E-state index in [4.69, 9.17) is 0 Å². The van der Waals surface area contributed by atoms with Gasteiger partial charge in [0.05, 0.1) is 15.4 Å². The standard InChI is InChI=1S/C11H4Cl2F8N4O4/c12-10(19,11(13,20)21)8(14,15)7(22)23-6-4(24(26)27)1-3(9(16,17)18)2-5(6)25(28)29/h1-2H,(H2,22,23). The molecule has 0 aromatic heterocycles. The van der Waals surface area contributed by atoms with Crippen LogP contribution in [0.5, 0.6) is 0 Å². The van der Waals surface area contributed by atoms with Gasteiger partial charge in [-0.05, 0) is 11.6 Å². The molecule has 8 nitrogen and oxygen atoms in total. The molecule has 0 spiro atoms. The van der Waals surface area contributed by atoms with Crippen LogP contribution in [0.2, 0.25) is 0 Å². The van der Waals surface area contributed by atoms with Crippen molar-refractivity contribution in [1.82, 2.24) is 0 Å². The Labute approximate surface area is 163 Å². The molecule has 0 aliphatic carbocycles. The lowest BCUT2D eigenvalue weighted by Crippen LogP contribution is -2.57. The second-order valence-corrected chi connectivity index (χ2v) is 6.01. The van der Waals surface area contributed by atoms with Crippen molar-refractivity contribution in [2.24, 2.45) is 10.7 Å². The summed E-state index contributed by atoms with van der Waals surface area (Å²) in [6.07, 6.45) is -5.35. The number of hydrogen-bond acceptors (Lipinski definition) is 5. The first kappa shape index (κ1) is 24.5. The van der Waals surface area contributed by atoms with Gasteiger partial charge >= 0.3 is 34.0 Å². The lowest BCUT2D eigenvalue weighted by atomic mass is 10.1. The molecule has 0 amide bonds. The van der Waals surface area contributed by atoms with Gasteiger partial charge in [0.15, 0.2) is 5.84 Å². The summed E-state index contributed by atoms with van der Waals surface area (Å²) in [5, 5.41) is 10.9. The Bertz CT molecular complexity index is 850. The third kappa shape index (κ3) is 4.58. The fourth-order valence-corrected chi connectivity index (χ4v) is 1.91. The fourth-order valence-electron chi connectivity index (χ4n) is 1.69. The van der Waals surface area contributed by atoms with Crippen molar-refractivity contribution >= 4 is 46.1 Å². The van der Waals surface area contributed by atoms with Gasteiger partial charge in [-0.2, -0.15) is 30.7 Å². The molecule has 1 aromatic rings. The van der Waals surface area contributed by atoms with Crippen molar-refractivity contribution in [2.45, 2.75) is 22.6 Å². The van der Waals surface area contributed by atoms with Crippen molar-refractivity contribution < 1.29 is 45.0 Å². The van der Waals surface area contributed by atoms with Crippen LogP contribution in [0, 0.1) is 20.2 Å². The van der Waals surface area contributed by atoms with Gasteiger partial charge in [-0.25, -0.2) is 9.38 Å². The summed E-state index contributed by atoms with van der Waals surface area (Å²) in [6.45, 7) is 0. The number of alkyl halides is 10. The second kappa shape index (κ2) is 7.40. The minimum atomic E-state index is -5.69. The smallest absolute Gasteiger partial charge is 0.382 e. The van der Waals surface area contributed by atoms with E-state index >= 15 is 0 Å². The van der Waals surface area contributed by atoms with Crippen LogP contribution >= 0.6 is 23.2 Å². The number of nitro groups is 2. The number of nitrogens with zero attached hydrogens (tertiary/aromatic N) is 3. The van der Waals surface area contributed by atoms with Crippen molar-refractivity contribution in [3.8, 4) is 0 Å². The zero-order valence-electron chi connectivity index (χ0n) is 13.0. The van der Waals surface area contributed by atoms with E-state index in [9.17, 15) is 55.4 Å². The second-order valence-electron chi connectivity index (χ2n) is 5.02. The van der Waals surface area contributed by atoms with Gasteiger partial charge in [-0.15, -0.1) is 0 Å². The van der Waals surface area contributed by atoms with E-state index in [1.165, 1.54) is 0 Å². The summed E-state index contributed by atoms with van der Waals surface area (Å²) >= 11 is 8.50. The van der Waals surface area contributed by atoms with Gasteiger partial charge in [0.25, 0.3) is 0 Å². The van der Waals surface area contributed by atoms with E-state index in [1.54, 1.807) is 0 Å². The zero-order valence-corrected chi connectivity index (χ0v) is 14.5. The first-order chi connectivity index (χ1) is 12.7. The minimum Gasteiger partial charge on any atom is -0.382 e. The highest BCUT2D eigenvalue weighted by atomic mass is 35.5. The minimum absolute atomic E-state index is 0.323. The molecule has 18 heteroatoms. The Morgan fingerprint density at radius 2 is 1.31 bits per heavy atom. The molecule has 0 aliphatic heterocycles. The number of amidine groups is 1. The molecule has 0 radical (unpaired) electrons. The van der Waals surface area contributed by atoms with E-state index < -0.39 is 60.9 Å². The van der Waals surface area contributed by atoms with Crippen molar-refractivity contribution in [3.05, 3.63) is 37.9 Å². The summed E-state index contributed by atoms with van der Waals surface area (Å²) in [7, 11) is 0. The molecule has 0 fully saturated rings. The van der Waals surface area contributed by atoms with Gasteiger partial charge in [0.2, 0.25) is 5.69 Å². The molecule has 0 saturated carbocycles. The number of rotatable bonds is 6. The molecule has 2 N–H and O–H groups in total. The van der Waals surface area contributed by atoms with Crippen LogP contribution in [-0.2, 0) is 6.18 Å². The summed E-state index contributed by atoms with van der Waals surface area (Å²) in [6, 6.07) is -0.645. The van der Waals surface area contributed by atoms with Crippen LogP contribution in [0.4, 0.5) is 52.2 Å². The van der Waals surface area contributed by atoms with E-state index in [1.807, 2.05) is 0 Å². The average Bonchev–Trinajstić information content (AvgIpc) is 2.51. The molecular formula is C11H4Cl2F8N4O4. The van der Waals surface area contributed by atoms with Gasteiger partial charge in [0, 0.05) is 12.1 Å². The number of benzene rings is 1. The highest BCUT2D eigenvalue weighted by Gasteiger charge is 2.71. The molecule has 0 heterocycles. The van der Waals surface area contributed by atoms with E-state index in [2.05, 4.69) is 33.9 Å². The molecule has 29 heavy (non-hydrogen) atoms. The van der Waals surface area contributed by atoms with E-state index in [0.717, 1.165) is 0 Å². The molecule has 1 rings (SSSR count). The van der Waals surface area contributed by atoms with Crippen LogP contribution in [-0.4, -0.2) is 32.1 Å². The molecule has 0 aliphatic rings. The van der Waals surface area contributed by atoms with E-state index in [0.29, 0.717) is 0 Å². The maximum absolute atomic E-state index is 13.9. The molecule has 0 saturated heterocycles. The third-order valence-corrected chi connectivity index (χ3v) is 3.93. The van der Waals surface area contributed by atoms with Gasteiger partial charge in [0.1, 0.15) is 0 Å². The Kier molecular flexibility index (Phi) is 6.26. The Morgan fingerprint density at radius 1 is 0.931 bits per heavy atom. The van der Waals surface area contributed by atoms with Gasteiger partial charge in [-0.3, -0.25) is 20.2 Å². The lowest BCUT2D eigenvalue weighted by Gasteiger charge is -2.30. The maximum atomic E-state index is 13.9.